The highest BCUT2D eigenvalue weighted by molar-refractivity contribution is 5.74. The summed E-state index contributed by atoms with van der Waals surface area (Å²) >= 11 is 0. The van der Waals surface area contributed by atoms with E-state index in [1.165, 1.54) is 0 Å². The highest BCUT2D eigenvalue weighted by Crippen LogP contribution is 2.09. The first kappa shape index (κ1) is 15.5. The van der Waals surface area contributed by atoms with E-state index < -0.39 is 6.10 Å². The molecule has 4 nitrogen and oxygen atoms in total. The SMILES string of the molecule is CCCC(OCCOc1ccccc1)C(=O)OCC. The van der Waals surface area contributed by atoms with Crippen molar-refractivity contribution in [3.8, 4) is 5.75 Å². The summed E-state index contributed by atoms with van der Waals surface area (Å²) in [5.74, 6) is 0.512. The van der Waals surface area contributed by atoms with Crippen LogP contribution in [0.5, 0.6) is 5.75 Å². The molecule has 1 aromatic rings. The molecule has 0 bridgehead atoms. The largest absolute Gasteiger partial charge is 0.491 e. The second-order valence-electron chi connectivity index (χ2n) is 4.06. The van der Waals surface area contributed by atoms with Crippen molar-refractivity contribution >= 4 is 5.97 Å². The molecule has 0 aliphatic carbocycles. The molecule has 0 aromatic heterocycles. The van der Waals surface area contributed by atoms with E-state index in [1.807, 2.05) is 37.3 Å². The highest BCUT2D eigenvalue weighted by Gasteiger charge is 2.19. The molecule has 0 aliphatic rings. The van der Waals surface area contributed by atoms with E-state index in [4.69, 9.17) is 14.2 Å². The molecule has 0 radical (unpaired) electrons. The van der Waals surface area contributed by atoms with Gasteiger partial charge >= 0.3 is 5.97 Å². The summed E-state index contributed by atoms with van der Waals surface area (Å²) in [5.41, 5.74) is 0. The van der Waals surface area contributed by atoms with Crippen LogP contribution in [-0.2, 0) is 14.3 Å². The van der Waals surface area contributed by atoms with Gasteiger partial charge in [-0.05, 0) is 25.5 Å². The van der Waals surface area contributed by atoms with Gasteiger partial charge in [-0.25, -0.2) is 4.79 Å². The van der Waals surface area contributed by atoms with Gasteiger partial charge in [0.05, 0.1) is 13.2 Å². The van der Waals surface area contributed by atoms with Crippen LogP contribution in [0.3, 0.4) is 0 Å². The summed E-state index contributed by atoms with van der Waals surface area (Å²) < 4.78 is 16.0. The van der Waals surface area contributed by atoms with E-state index in [0.29, 0.717) is 26.2 Å². The quantitative estimate of drug-likeness (QED) is 0.509. The van der Waals surface area contributed by atoms with Crippen molar-refractivity contribution in [3.63, 3.8) is 0 Å². The third kappa shape index (κ3) is 6.25. The number of benzene rings is 1. The molecule has 0 saturated carbocycles. The van der Waals surface area contributed by atoms with Crippen molar-refractivity contribution < 1.29 is 19.0 Å². The van der Waals surface area contributed by atoms with Crippen LogP contribution in [0.4, 0.5) is 0 Å². The van der Waals surface area contributed by atoms with Gasteiger partial charge in [-0.15, -0.1) is 0 Å². The number of ether oxygens (including phenoxy) is 3. The van der Waals surface area contributed by atoms with Gasteiger partial charge in [-0.1, -0.05) is 31.5 Å². The number of rotatable bonds is 9. The molecule has 0 saturated heterocycles. The summed E-state index contributed by atoms with van der Waals surface area (Å²) in [6.07, 6.45) is 1.07. The monoisotopic (exact) mass is 266 g/mol. The van der Waals surface area contributed by atoms with Gasteiger partial charge in [-0.3, -0.25) is 0 Å². The van der Waals surface area contributed by atoms with Crippen LogP contribution >= 0.6 is 0 Å². The van der Waals surface area contributed by atoms with E-state index in [1.54, 1.807) is 6.92 Å². The maximum absolute atomic E-state index is 11.6. The predicted octanol–water partition coefficient (Wildman–Crippen LogP) is 2.81. The predicted molar refractivity (Wildman–Crippen MR) is 73.2 cm³/mol. The van der Waals surface area contributed by atoms with Crippen molar-refractivity contribution in [1.82, 2.24) is 0 Å². The van der Waals surface area contributed by atoms with Gasteiger partial charge in [0.1, 0.15) is 12.4 Å². The first-order valence-corrected chi connectivity index (χ1v) is 6.74. The molecule has 0 N–H and O–H groups in total. The fourth-order valence-electron chi connectivity index (χ4n) is 1.63. The lowest BCUT2D eigenvalue weighted by Crippen LogP contribution is -2.28. The number of carbonyl (C=O) groups excluding carboxylic acids is 1. The first-order chi connectivity index (χ1) is 9.27. The minimum Gasteiger partial charge on any atom is -0.491 e. The number of esters is 1. The topological polar surface area (TPSA) is 44.8 Å². The maximum Gasteiger partial charge on any atom is 0.335 e. The number of hydrogen-bond donors (Lipinski definition) is 0. The van der Waals surface area contributed by atoms with E-state index >= 15 is 0 Å². The van der Waals surface area contributed by atoms with Crippen molar-refractivity contribution in [2.75, 3.05) is 19.8 Å². The van der Waals surface area contributed by atoms with Gasteiger partial charge in [0.25, 0.3) is 0 Å². The molecule has 1 rings (SSSR count). The van der Waals surface area contributed by atoms with Crippen LogP contribution in [0.1, 0.15) is 26.7 Å². The zero-order valence-corrected chi connectivity index (χ0v) is 11.6. The Hall–Kier alpha value is -1.55. The van der Waals surface area contributed by atoms with Crippen LogP contribution in [-0.4, -0.2) is 31.9 Å². The van der Waals surface area contributed by atoms with Gasteiger partial charge in [-0.2, -0.15) is 0 Å². The molecule has 0 spiro atoms. The van der Waals surface area contributed by atoms with Gasteiger partial charge in [0.15, 0.2) is 6.10 Å². The fourth-order valence-corrected chi connectivity index (χ4v) is 1.63. The number of carbonyl (C=O) groups is 1. The van der Waals surface area contributed by atoms with Gasteiger partial charge < -0.3 is 14.2 Å². The smallest absolute Gasteiger partial charge is 0.335 e. The molecule has 4 heteroatoms. The molecular formula is C15H22O4. The summed E-state index contributed by atoms with van der Waals surface area (Å²) in [6, 6.07) is 9.52. The van der Waals surface area contributed by atoms with Crippen LogP contribution in [0.15, 0.2) is 30.3 Å². The van der Waals surface area contributed by atoms with E-state index in [0.717, 1.165) is 12.2 Å². The molecule has 106 valence electrons. The van der Waals surface area contributed by atoms with E-state index in [-0.39, 0.29) is 5.97 Å². The van der Waals surface area contributed by atoms with Crippen LogP contribution in [0.25, 0.3) is 0 Å². The molecule has 0 aliphatic heterocycles. The highest BCUT2D eigenvalue weighted by atomic mass is 16.6. The van der Waals surface area contributed by atoms with Crippen molar-refractivity contribution in [2.24, 2.45) is 0 Å². The lowest BCUT2D eigenvalue weighted by atomic mass is 10.2. The third-order valence-electron chi connectivity index (χ3n) is 2.51. The normalized spacial score (nSPS) is 11.9. The maximum atomic E-state index is 11.6. The molecule has 0 heterocycles. The van der Waals surface area contributed by atoms with Crippen LogP contribution in [0.2, 0.25) is 0 Å². The molecule has 0 fully saturated rings. The summed E-state index contributed by atoms with van der Waals surface area (Å²) in [6.45, 7) is 4.97. The van der Waals surface area contributed by atoms with Gasteiger partial charge in [0, 0.05) is 0 Å². The summed E-state index contributed by atoms with van der Waals surface area (Å²) in [4.78, 5) is 11.6. The van der Waals surface area contributed by atoms with Crippen LogP contribution < -0.4 is 4.74 Å². The number of hydrogen-bond acceptors (Lipinski definition) is 4. The summed E-state index contributed by atoms with van der Waals surface area (Å²) in [5, 5.41) is 0. The lowest BCUT2D eigenvalue weighted by Gasteiger charge is -2.15. The van der Waals surface area contributed by atoms with Crippen molar-refractivity contribution in [1.29, 1.82) is 0 Å². The first-order valence-electron chi connectivity index (χ1n) is 6.74. The molecule has 19 heavy (non-hydrogen) atoms. The minimum atomic E-state index is -0.482. The molecule has 1 atom stereocenters. The minimum absolute atomic E-state index is 0.288. The standard InChI is InChI=1S/C15H22O4/c1-3-8-14(15(16)17-4-2)19-12-11-18-13-9-6-5-7-10-13/h5-7,9-10,14H,3-4,8,11-12H2,1-2H3. The van der Waals surface area contributed by atoms with Gasteiger partial charge in [0.2, 0.25) is 0 Å². The van der Waals surface area contributed by atoms with Crippen LogP contribution in [0, 0.1) is 0 Å². The molecule has 1 unspecified atom stereocenters. The molecule has 1 aromatic carbocycles. The Bertz CT molecular complexity index is 350. The molecule has 0 amide bonds. The van der Waals surface area contributed by atoms with E-state index in [2.05, 4.69) is 0 Å². The Labute approximate surface area is 114 Å². The molecular weight excluding hydrogens is 244 g/mol. The zero-order valence-electron chi connectivity index (χ0n) is 11.6. The van der Waals surface area contributed by atoms with Crippen molar-refractivity contribution in [2.45, 2.75) is 32.8 Å². The van der Waals surface area contributed by atoms with Crippen molar-refractivity contribution in [3.05, 3.63) is 30.3 Å². The summed E-state index contributed by atoms with van der Waals surface area (Å²) in [7, 11) is 0. The Morgan fingerprint density at radius 3 is 2.53 bits per heavy atom. The van der Waals surface area contributed by atoms with E-state index in [9.17, 15) is 4.79 Å². The Morgan fingerprint density at radius 2 is 1.89 bits per heavy atom. The fraction of sp³-hybridized carbons (Fsp3) is 0.533. The third-order valence-corrected chi connectivity index (χ3v) is 2.51. The average molecular weight is 266 g/mol. The Kier molecular flexibility index (Phi) is 7.66. The zero-order chi connectivity index (χ0) is 13.9. The second kappa shape index (κ2) is 9.39. The second-order valence-corrected chi connectivity index (χ2v) is 4.06. The average Bonchev–Trinajstić information content (AvgIpc) is 2.43. The Morgan fingerprint density at radius 1 is 1.16 bits per heavy atom. The Balaban J connectivity index is 2.26. The lowest BCUT2D eigenvalue weighted by molar-refractivity contribution is -0.157. The number of para-hydroxylation sites is 1.